The van der Waals surface area contributed by atoms with E-state index < -0.39 is 5.97 Å². The van der Waals surface area contributed by atoms with Gasteiger partial charge in [0, 0.05) is 37.4 Å². The van der Waals surface area contributed by atoms with Gasteiger partial charge in [-0.1, -0.05) is 49.7 Å². The van der Waals surface area contributed by atoms with Gasteiger partial charge in [0.15, 0.2) is 0 Å². The molecule has 0 aromatic heterocycles. The largest absolute Gasteiger partial charge is 0.481 e. The van der Waals surface area contributed by atoms with Crippen molar-refractivity contribution in [2.45, 2.75) is 41.2 Å². The summed E-state index contributed by atoms with van der Waals surface area (Å²) in [6.45, 7) is 12.8. The van der Waals surface area contributed by atoms with Crippen molar-refractivity contribution in [3.63, 3.8) is 0 Å². The zero-order chi connectivity index (χ0) is 21.1. The Hall–Kier alpha value is -2.04. The molecule has 1 fully saturated rings. The minimum absolute atomic E-state index is 0.219. The van der Waals surface area contributed by atoms with Crippen LogP contribution in [-0.2, 0) is 11.3 Å². The third kappa shape index (κ3) is 7.53. The van der Waals surface area contributed by atoms with Gasteiger partial charge < -0.3 is 10.4 Å². The third-order valence-corrected chi connectivity index (χ3v) is 4.86. The molecular formula is C23H33ClN2O2. The Morgan fingerprint density at radius 1 is 1.36 bits per heavy atom. The summed E-state index contributed by atoms with van der Waals surface area (Å²) in [5.74, 6) is -0.915. The van der Waals surface area contributed by atoms with Crippen LogP contribution in [-0.4, -0.2) is 35.6 Å². The Balaban J connectivity index is 0.00000190. The maximum atomic E-state index is 10.9. The molecule has 0 bridgehead atoms. The lowest BCUT2D eigenvalue weighted by Gasteiger charge is -2.37. The molecule has 1 aliphatic heterocycles. The molecule has 1 aromatic carbocycles. The molecule has 28 heavy (non-hydrogen) atoms. The van der Waals surface area contributed by atoms with Gasteiger partial charge in [-0.05, 0) is 55.2 Å². The summed E-state index contributed by atoms with van der Waals surface area (Å²) in [5, 5.41) is 12.5. The number of hydrogen-bond donors (Lipinski definition) is 2. The quantitative estimate of drug-likeness (QED) is 0.554. The molecule has 0 spiro atoms. The lowest BCUT2D eigenvalue weighted by atomic mass is 9.98. The Labute approximate surface area is 174 Å². The topological polar surface area (TPSA) is 52.6 Å². The molecule has 154 valence electrons. The van der Waals surface area contributed by atoms with Crippen molar-refractivity contribution < 1.29 is 9.90 Å². The van der Waals surface area contributed by atoms with E-state index in [0.717, 1.165) is 23.4 Å². The summed E-state index contributed by atoms with van der Waals surface area (Å²) in [6.07, 6.45) is 6.14. The van der Waals surface area contributed by atoms with E-state index in [1.165, 1.54) is 11.1 Å². The molecule has 4 nitrogen and oxygen atoms in total. The zero-order valence-electron chi connectivity index (χ0n) is 17.6. The molecule has 2 N–H and O–H groups in total. The number of nitrogens with zero attached hydrogens (tertiary/aromatic N) is 1. The summed E-state index contributed by atoms with van der Waals surface area (Å²) in [4.78, 5) is 13.1. The van der Waals surface area contributed by atoms with Crippen molar-refractivity contribution in [3.8, 4) is 0 Å². The zero-order valence-corrected chi connectivity index (χ0v) is 18.4. The molecule has 0 atom stereocenters. The number of anilines is 1. The number of allylic oxidation sites excluding steroid dienone is 3. The number of rotatable bonds is 8. The summed E-state index contributed by atoms with van der Waals surface area (Å²) in [7, 11) is 0. The summed E-state index contributed by atoms with van der Waals surface area (Å²) < 4.78 is 0. The number of nitrogens with one attached hydrogen (secondary N) is 1. The van der Waals surface area contributed by atoms with Gasteiger partial charge in [0.25, 0.3) is 0 Å². The van der Waals surface area contributed by atoms with E-state index in [9.17, 15) is 4.79 Å². The van der Waals surface area contributed by atoms with Crippen LogP contribution in [0, 0.1) is 12.8 Å². The maximum absolute atomic E-state index is 10.9. The molecule has 1 saturated heterocycles. The van der Waals surface area contributed by atoms with Gasteiger partial charge >= 0.3 is 5.97 Å². The first kappa shape index (κ1) is 24.0. The number of hydrogen-bond acceptors (Lipinski definition) is 3. The number of halogens is 1. The highest BCUT2D eigenvalue weighted by molar-refractivity contribution is 6.25. The second-order valence-corrected chi connectivity index (χ2v) is 7.01. The molecule has 0 unspecified atom stereocenters. The second kappa shape index (κ2) is 12.4. The predicted octanol–water partition coefficient (Wildman–Crippen LogP) is 5.59. The maximum Gasteiger partial charge on any atom is 0.309 e. The first-order valence-electron chi connectivity index (χ1n) is 9.81. The molecular weight excluding hydrogens is 372 g/mol. The molecule has 0 amide bonds. The minimum Gasteiger partial charge on any atom is -0.481 e. The van der Waals surface area contributed by atoms with Gasteiger partial charge in [-0.3, -0.25) is 9.69 Å². The first-order valence-corrected chi connectivity index (χ1v) is 10.3. The van der Waals surface area contributed by atoms with Crippen molar-refractivity contribution in [2.24, 2.45) is 5.92 Å². The van der Waals surface area contributed by atoms with Crippen LogP contribution in [0.25, 0.3) is 0 Å². The van der Waals surface area contributed by atoms with Crippen molar-refractivity contribution in [1.29, 1.82) is 0 Å². The van der Waals surface area contributed by atoms with Crippen LogP contribution in [0.5, 0.6) is 0 Å². The number of carbonyl (C=O) groups is 1. The number of aliphatic carboxylic acids is 1. The summed E-state index contributed by atoms with van der Waals surface area (Å²) >= 11 is 5.76. The second-order valence-electron chi connectivity index (χ2n) is 6.80. The lowest BCUT2D eigenvalue weighted by Crippen LogP contribution is -2.49. The van der Waals surface area contributed by atoms with Gasteiger partial charge in [0.2, 0.25) is 0 Å². The normalized spacial score (nSPS) is 15.8. The Morgan fingerprint density at radius 3 is 2.61 bits per heavy atom. The van der Waals surface area contributed by atoms with Gasteiger partial charge in [-0.2, -0.15) is 0 Å². The molecule has 0 radical (unpaired) electrons. The predicted molar refractivity (Wildman–Crippen MR) is 120 cm³/mol. The van der Waals surface area contributed by atoms with E-state index >= 15 is 0 Å². The van der Waals surface area contributed by atoms with Crippen LogP contribution in [0.3, 0.4) is 0 Å². The highest BCUT2D eigenvalue weighted by Crippen LogP contribution is 2.23. The fourth-order valence-electron chi connectivity index (χ4n) is 2.95. The van der Waals surface area contributed by atoms with Crippen molar-refractivity contribution in [1.82, 2.24) is 4.90 Å². The third-order valence-electron chi connectivity index (χ3n) is 4.51. The average Bonchev–Trinajstić information content (AvgIpc) is 2.65. The van der Waals surface area contributed by atoms with Gasteiger partial charge in [-0.15, -0.1) is 0 Å². The fourth-order valence-corrected chi connectivity index (χ4v) is 3.01. The van der Waals surface area contributed by atoms with Crippen LogP contribution in [0.1, 0.15) is 38.8 Å². The van der Waals surface area contributed by atoms with Gasteiger partial charge in [-0.25, -0.2) is 0 Å². The van der Waals surface area contributed by atoms with Crippen molar-refractivity contribution in [3.05, 3.63) is 64.2 Å². The van der Waals surface area contributed by atoms with Crippen LogP contribution in [0.15, 0.2) is 53.1 Å². The highest BCUT2D eigenvalue weighted by atomic mass is 35.5. The minimum atomic E-state index is -0.696. The SMILES string of the molecule is CC.C\C=C/C(=C\C(C)=C\Cl)CNc1ccc(C)c(CN2CC(C(=O)O)C2)c1. The fraction of sp³-hybridized carbons (Fsp3) is 0.435. The van der Waals surface area contributed by atoms with E-state index in [4.69, 9.17) is 16.7 Å². The molecule has 2 rings (SSSR count). The van der Waals surface area contributed by atoms with Crippen LogP contribution < -0.4 is 5.32 Å². The van der Waals surface area contributed by atoms with Crippen molar-refractivity contribution >= 4 is 23.3 Å². The van der Waals surface area contributed by atoms with E-state index in [1.807, 2.05) is 33.8 Å². The number of benzene rings is 1. The molecule has 1 heterocycles. The molecule has 0 aliphatic carbocycles. The average molecular weight is 405 g/mol. The smallest absolute Gasteiger partial charge is 0.309 e. The Kier molecular flexibility index (Phi) is 10.6. The summed E-state index contributed by atoms with van der Waals surface area (Å²) in [5.41, 5.74) is 7.24. The van der Waals surface area contributed by atoms with E-state index in [-0.39, 0.29) is 5.92 Å². The first-order chi connectivity index (χ1) is 13.4. The number of carboxylic acid groups (broad SMARTS) is 1. The number of carboxylic acids is 1. The number of aryl methyl sites for hydroxylation is 1. The van der Waals surface area contributed by atoms with Crippen LogP contribution in [0.2, 0.25) is 0 Å². The Morgan fingerprint density at radius 2 is 2.04 bits per heavy atom. The van der Waals surface area contributed by atoms with E-state index in [0.29, 0.717) is 19.6 Å². The lowest BCUT2D eigenvalue weighted by molar-refractivity contribution is -0.147. The van der Waals surface area contributed by atoms with E-state index in [2.05, 4.69) is 47.5 Å². The van der Waals surface area contributed by atoms with Crippen molar-refractivity contribution in [2.75, 3.05) is 25.0 Å². The molecule has 0 saturated carbocycles. The van der Waals surface area contributed by atoms with Gasteiger partial charge in [0.1, 0.15) is 0 Å². The standard InChI is InChI=1S/C21H27ClN2O2.C2H6/c1-4-5-17(8-15(2)10-22)11-23-20-7-6-16(3)18(9-20)12-24-13-19(14-24)21(25)26;1-2/h4-10,19,23H,11-14H2,1-3H3,(H,25,26);1-2H3/b5-4-,15-10+,17-8+;. The van der Waals surface area contributed by atoms with E-state index in [1.54, 1.807) is 5.54 Å². The molecule has 1 aromatic rings. The highest BCUT2D eigenvalue weighted by Gasteiger charge is 2.32. The molecule has 5 heteroatoms. The monoisotopic (exact) mass is 404 g/mol. The van der Waals surface area contributed by atoms with Crippen LogP contribution >= 0.6 is 11.6 Å². The Bertz CT molecular complexity index is 732. The summed E-state index contributed by atoms with van der Waals surface area (Å²) in [6, 6.07) is 6.34. The van der Waals surface area contributed by atoms with Crippen LogP contribution in [0.4, 0.5) is 5.69 Å². The number of likely N-dealkylation sites (tertiary alicyclic amines) is 1. The molecule has 1 aliphatic rings. The van der Waals surface area contributed by atoms with Gasteiger partial charge in [0.05, 0.1) is 5.92 Å².